The molecule has 1 atom stereocenters. The third-order valence-corrected chi connectivity index (χ3v) is 4.39. The molecule has 1 N–H and O–H groups in total. The summed E-state index contributed by atoms with van der Waals surface area (Å²) in [5, 5.41) is 3.05. The Labute approximate surface area is 159 Å². The first-order valence-corrected chi connectivity index (χ1v) is 9.93. The fourth-order valence-corrected chi connectivity index (χ4v) is 2.86. The first-order chi connectivity index (χ1) is 12.2. The van der Waals surface area contributed by atoms with Crippen LogP contribution in [-0.2, 0) is 9.53 Å². The predicted molar refractivity (Wildman–Crippen MR) is 109 cm³/mol. The maximum Gasteiger partial charge on any atom is 0.256 e. The summed E-state index contributed by atoms with van der Waals surface area (Å²) in [4.78, 5) is 12.9. The van der Waals surface area contributed by atoms with Crippen LogP contribution < -0.4 is 10.1 Å². The van der Waals surface area contributed by atoms with Crippen LogP contribution in [-0.4, -0.2) is 24.7 Å². The van der Waals surface area contributed by atoms with Crippen molar-refractivity contribution in [2.75, 3.05) is 18.5 Å². The molecule has 148 valence electrons. The average Bonchev–Trinajstić information content (AvgIpc) is 2.57. The minimum Gasteiger partial charge on any atom is -0.493 e. The Morgan fingerprint density at radius 3 is 2.27 bits per heavy atom. The molecule has 1 amide bonds. The van der Waals surface area contributed by atoms with Crippen molar-refractivity contribution in [3.05, 3.63) is 23.3 Å². The van der Waals surface area contributed by atoms with Gasteiger partial charge in [-0.1, -0.05) is 40.5 Å². The molecule has 0 unspecified atom stereocenters. The van der Waals surface area contributed by atoms with E-state index in [4.69, 9.17) is 9.47 Å². The third kappa shape index (κ3) is 6.64. The van der Waals surface area contributed by atoms with Crippen molar-refractivity contribution in [1.82, 2.24) is 0 Å². The first kappa shape index (κ1) is 22.5. The van der Waals surface area contributed by atoms with Gasteiger partial charge in [0, 0.05) is 12.3 Å². The molecule has 0 saturated carbocycles. The summed E-state index contributed by atoms with van der Waals surface area (Å²) in [5.41, 5.74) is 2.07. The largest absolute Gasteiger partial charge is 0.493 e. The maximum atomic E-state index is 12.9. The third-order valence-electron chi connectivity index (χ3n) is 4.39. The van der Waals surface area contributed by atoms with Gasteiger partial charge < -0.3 is 14.8 Å². The molecule has 0 heterocycles. The maximum absolute atomic E-state index is 12.9. The molecule has 4 nitrogen and oxygen atoms in total. The Kier molecular flexibility index (Phi) is 9.14. The van der Waals surface area contributed by atoms with E-state index in [1.165, 1.54) is 0 Å². The van der Waals surface area contributed by atoms with Gasteiger partial charge in [-0.2, -0.15) is 0 Å². The van der Waals surface area contributed by atoms with Gasteiger partial charge >= 0.3 is 0 Å². The molecular formula is C22H37NO3. The number of carbonyl (C=O) groups is 1. The van der Waals surface area contributed by atoms with Crippen LogP contribution >= 0.6 is 0 Å². The van der Waals surface area contributed by atoms with Crippen LogP contribution in [0.4, 0.5) is 5.69 Å². The van der Waals surface area contributed by atoms with Crippen molar-refractivity contribution >= 4 is 11.6 Å². The van der Waals surface area contributed by atoms with Crippen LogP contribution in [0, 0.1) is 19.8 Å². The fraction of sp³-hybridized carbons (Fsp3) is 0.682. The van der Waals surface area contributed by atoms with Crippen LogP contribution in [0.2, 0.25) is 0 Å². The summed E-state index contributed by atoms with van der Waals surface area (Å²) in [6, 6.07) is 3.95. The lowest BCUT2D eigenvalue weighted by Crippen LogP contribution is -2.43. The predicted octanol–water partition coefficient (Wildman–Crippen LogP) is 5.65. The Balaban J connectivity index is 2.92. The van der Waals surface area contributed by atoms with Gasteiger partial charge in [0.15, 0.2) is 0 Å². The number of nitrogens with one attached hydrogen (secondary N) is 1. The van der Waals surface area contributed by atoms with Gasteiger partial charge in [0.05, 0.1) is 6.61 Å². The zero-order valence-corrected chi connectivity index (χ0v) is 17.7. The second-order valence-corrected chi connectivity index (χ2v) is 7.78. The summed E-state index contributed by atoms with van der Waals surface area (Å²) in [7, 11) is 0. The van der Waals surface area contributed by atoms with Crippen LogP contribution in [0.1, 0.15) is 71.4 Å². The minimum absolute atomic E-state index is 0.0750. The zero-order chi connectivity index (χ0) is 19.7. The van der Waals surface area contributed by atoms with Gasteiger partial charge in [-0.05, 0) is 62.8 Å². The highest BCUT2D eigenvalue weighted by Crippen LogP contribution is 2.29. The molecule has 0 spiro atoms. The van der Waals surface area contributed by atoms with Crippen molar-refractivity contribution < 1.29 is 14.3 Å². The molecule has 0 radical (unpaired) electrons. The molecule has 0 saturated heterocycles. The van der Waals surface area contributed by atoms with E-state index in [9.17, 15) is 4.79 Å². The van der Waals surface area contributed by atoms with E-state index >= 15 is 0 Å². The molecule has 0 aliphatic rings. The first-order valence-electron chi connectivity index (χ1n) is 9.93. The van der Waals surface area contributed by atoms with E-state index in [0.29, 0.717) is 19.1 Å². The van der Waals surface area contributed by atoms with E-state index in [0.717, 1.165) is 48.2 Å². The molecule has 0 aromatic heterocycles. The minimum atomic E-state index is -0.791. The van der Waals surface area contributed by atoms with Crippen molar-refractivity contribution in [1.29, 1.82) is 0 Å². The van der Waals surface area contributed by atoms with Gasteiger partial charge in [-0.15, -0.1) is 0 Å². The Bertz CT molecular complexity index is 550. The van der Waals surface area contributed by atoms with E-state index in [-0.39, 0.29) is 5.91 Å². The number of rotatable bonds is 11. The Hall–Kier alpha value is -1.55. The highest BCUT2D eigenvalue weighted by Gasteiger charge is 2.33. The molecule has 26 heavy (non-hydrogen) atoms. The van der Waals surface area contributed by atoms with E-state index in [2.05, 4.69) is 33.0 Å². The smallest absolute Gasteiger partial charge is 0.256 e. The van der Waals surface area contributed by atoms with Gasteiger partial charge in [0.25, 0.3) is 5.91 Å². The summed E-state index contributed by atoms with van der Waals surface area (Å²) in [6.07, 6.45) is 3.63. The lowest BCUT2D eigenvalue weighted by atomic mass is 9.97. The molecule has 4 heteroatoms. The summed E-state index contributed by atoms with van der Waals surface area (Å²) in [5.74, 6) is 1.31. The molecule has 1 aromatic rings. The van der Waals surface area contributed by atoms with Gasteiger partial charge in [-0.3, -0.25) is 4.79 Å². The second kappa shape index (κ2) is 10.6. The summed E-state index contributed by atoms with van der Waals surface area (Å²) >= 11 is 0. The Morgan fingerprint density at radius 1 is 1.15 bits per heavy atom. The number of ether oxygens (including phenoxy) is 2. The molecule has 0 aliphatic heterocycles. The number of unbranched alkanes of at least 4 members (excludes halogenated alkanes) is 1. The molecular weight excluding hydrogens is 326 g/mol. The highest BCUT2D eigenvalue weighted by atomic mass is 16.5. The monoisotopic (exact) mass is 363 g/mol. The average molecular weight is 364 g/mol. The van der Waals surface area contributed by atoms with Crippen LogP contribution in [0.5, 0.6) is 5.75 Å². The van der Waals surface area contributed by atoms with Crippen LogP contribution in [0.15, 0.2) is 12.1 Å². The SMILES string of the molecule is CCCC[C@@](C)(OCCC)C(=O)Nc1cc(C)c(OCC(C)C)c(C)c1. The van der Waals surface area contributed by atoms with E-state index < -0.39 is 5.60 Å². The van der Waals surface area contributed by atoms with Gasteiger partial charge in [0.1, 0.15) is 11.4 Å². The zero-order valence-electron chi connectivity index (χ0n) is 17.7. The molecule has 0 bridgehead atoms. The Morgan fingerprint density at radius 2 is 1.77 bits per heavy atom. The molecule has 0 fully saturated rings. The summed E-state index contributed by atoms with van der Waals surface area (Å²) < 4.78 is 11.9. The van der Waals surface area contributed by atoms with Crippen molar-refractivity contribution in [2.45, 2.75) is 79.8 Å². The fourth-order valence-electron chi connectivity index (χ4n) is 2.86. The van der Waals surface area contributed by atoms with E-state index in [1.807, 2.05) is 32.9 Å². The number of amides is 1. The standard InChI is InChI=1S/C22H37NO3/c1-8-10-11-22(7,26-12-9-2)21(24)23-19-13-17(5)20(18(6)14-19)25-15-16(3)4/h13-14,16H,8-12,15H2,1-7H3,(H,23,24)/t22-/m1/s1. The van der Waals surface area contributed by atoms with Crippen LogP contribution in [0.3, 0.4) is 0 Å². The van der Waals surface area contributed by atoms with Crippen molar-refractivity contribution in [3.8, 4) is 5.75 Å². The van der Waals surface area contributed by atoms with Crippen molar-refractivity contribution in [2.24, 2.45) is 5.92 Å². The lowest BCUT2D eigenvalue weighted by Gasteiger charge is -2.29. The molecule has 1 rings (SSSR count). The van der Waals surface area contributed by atoms with Gasteiger partial charge in [-0.25, -0.2) is 0 Å². The van der Waals surface area contributed by atoms with E-state index in [1.54, 1.807) is 0 Å². The highest BCUT2D eigenvalue weighted by molar-refractivity contribution is 5.97. The van der Waals surface area contributed by atoms with Crippen molar-refractivity contribution in [3.63, 3.8) is 0 Å². The number of hydrogen-bond acceptors (Lipinski definition) is 3. The number of carbonyl (C=O) groups excluding carboxylic acids is 1. The normalized spacial score (nSPS) is 13.5. The topological polar surface area (TPSA) is 47.6 Å². The number of hydrogen-bond donors (Lipinski definition) is 1. The number of benzene rings is 1. The van der Waals surface area contributed by atoms with Gasteiger partial charge in [0.2, 0.25) is 0 Å². The molecule has 0 aliphatic carbocycles. The summed E-state index contributed by atoms with van der Waals surface area (Å²) in [6.45, 7) is 15.7. The second-order valence-electron chi connectivity index (χ2n) is 7.78. The van der Waals surface area contributed by atoms with Crippen LogP contribution in [0.25, 0.3) is 0 Å². The quantitative estimate of drug-likeness (QED) is 0.552. The lowest BCUT2D eigenvalue weighted by molar-refractivity contribution is -0.140. The number of anilines is 1. The number of aryl methyl sites for hydroxylation is 2. The molecule has 1 aromatic carbocycles.